The minimum Gasteiger partial charge on any atom is -0.310 e. The molecule has 0 radical (unpaired) electrons. The molecule has 0 spiro atoms. The molecule has 3 aromatic rings. The highest BCUT2D eigenvalue weighted by molar-refractivity contribution is 6.42. The molecule has 148 valence electrons. The molecule has 6 nitrogen and oxygen atoms in total. The first-order valence-electron chi connectivity index (χ1n) is 8.35. The molecule has 1 heterocycles. The summed E-state index contributed by atoms with van der Waals surface area (Å²) in [7, 11) is 0. The van der Waals surface area contributed by atoms with E-state index in [1.54, 1.807) is 18.2 Å². The highest BCUT2D eigenvalue weighted by Gasteiger charge is 2.15. The first-order chi connectivity index (χ1) is 13.9. The van der Waals surface area contributed by atoms with E-state index in [4.69, 9.17) is 23.2 Å². The number of amides is 2. The number of aromatic nitrogens is 1. The Labute approximate surface area is 174 Å². The van der Waals surface area contributed by atoms with E-state index < -0.39 is 23.2 Å². The monoisotopic (exact) mass is 433 g/mol. The van der Waals surface area contributed by atoms with Gasteiger partial charge < -0.3 is 4.57 Å². The van der Waals surface area contributed by atoms with Gasteiger partial charge in [0.05, 0.1) is 22.2 Å². The molecule has 9 heteroatoms. The summed E-state index contributed by atoms with van der Waals surface area (Å²) < 4.78 is 14.9. The van der Waals surface area contributed by atoms with Crippen LogP contribution in [0.4, 0.5) is 4.39 Å². The van der Waals surface area contributed by atoms with Gasteiger partial charge in [0.2, 0.25) is 0 Å². The number of nitrogens with zero attached hydrogens (tertiary/aromatic N) is 1. The minimum absolute atomic E-state index is 0.165. The molecule has 0 bridgehead atoms. The topological polar surface area (TPSA) is 80.2 Å². The number of pyridine rings is 1. The highest BCUT2D eigenvalue weighted by atomic mass is 35.5. The van der Waals surface area contributed by atoms with Gasteiger partial charge >= 0.3 is 0 Å². The maximum absolute atomic E-state index is 13.6. The maximum atomic E-state index is 13.6. The average Bonchev–Trinajstić information content (AvgIpc) is 2.70. The quantitative estimate of drug-likeness (QED) is 0.618. The zero-order valence-corrected chi connectivity index (χ0v) is 16.3. The highest BCUT2D eigenvalue weighted by Crippen LogP contribution is 2.22. The van der Waals surface area contributed by atoms with E-state index in [-0.39, 0.29) is 17.7 Å². The lowest BCUT2D eigenvalue weighted by molar-refractivity contribution is 0.0843. The summed E-state index contributed by atoms with van der Waals surface area (Å²) in [4.78, 5) is 36.9. The van der Waals surface area contributed by atoms with Gasteiger partial charge in [-0.25, -0.2) is 4.39 Å². The zero-order chi connectivity index (χ0) is 21.0. The largest absolute Gasteiger partial charge is 0.310 e. The third-order valence-electron chi connectivity index (χ3n) is 4.01. The lowest BCUT2D eigenvalue weighted by atomic mass is 10.2. The Balaban J connectivity index is 1.73. The second-order valence-electron chi connectivity index (χ2n) is 5.99. The molecule has 0 atom stereocenters. The van der Waals surface area contributed by atoms with Crippen molar-refractivity contribution >= 4 is 35.0 Å². The first-order valence-corrected chi connectivity index (χ1v) is 9.11. The lowest BCUT2D eigenvalue weighted by Crippen LogP contribution is -2.44. The number of nitrogens with one attached hydrogen (secondary N) is 2. The van der Waals surface area contributed by atoms with E-state index in [9.17, 15) is 18.8 Å². The number of benzene rings is 2. The van der Waals surface area contributed by atoms with E-state index in [0.29, 0.717) is 15.6 Å². The maximum Gasteiger partial charge on any atom is 0.275 e. The molecule has 2 aromatic carbocycles. The van der Waals surface area contributed by atoms with Gasteiger partial charge in [0.1, 0.15) is 11.4 Å². The molecule has 3 rings (SSSR count). The van der Waals surface area contributed by atoms with E-state index in [0.717, 1.165) is 6.07 Å². The number of halogens is 3. The van der Waals surface area contributed by atoms with E-state index in [1.807, 2.05) is 0 Å². The van der Waals surface area contributed by atoms with Crippen LogP contribution in [0.5, 0.6) is 0 Å². The van der Waals surface area contributed by atoms with Crippen molar-refractivity contribution in [1.29, 1.82) is 0 Å². The molecular formula is C20H14Cl2FN3O3. The van der Waals surface area contributed by atoms with Crippen LogP contribution in [-0.4, -0.2) is 16.4 Å². The van der Waals surface area contributed by atoms with Crippen LogP contribution in [0.25, 0.3) is 0 Å². The van der Waals surface area contributed by atoms with Crippen molar-refractivity contribution in [2.24, 2.45) is 0 Å². The summed E-state index contributed by atoms with van der Waals surface area (Å²) in [5.41, 5.74) is 3.92. The fourth-order valence-electron chi connectivity index (χ4n) is 2.56. The Hall–Kier alpha value is -3.16. The molecule has 0 saturated carbocycles. The summed E-state index contributed by atoms with van der Waals surface area (Å²) in [5.74, 6) is -2.41. The van der Waals surface area contributed by atoms with Gasteiger partial charge in [-0.05, 0) is 42.0 Å². The third-order valence-corrected chi connectivity index (χ3v) is 4.75. The number of rotatable bonds is 4. The fraction of sp³-hybridized carbons (Fsp3) is 0.0500. The van der Waals surface area contributed by atoms with Crippen LogP contribution in [0.3, 0.4) is 0 Å². The minimum atomic E-state index is -0.844. The second-order valence-corrected chi connectivity index (χ2v) is 6.81. The predicted octanol–water partition coefficient (Wildman–Crippen LogP) is 3.42. The SMILES string of the molecule is O=C(NNC(=O)c1cccn(Cc2ccc(Cl)c(Cl)c2)c1=O)c1ccccc1F. The van der Waals surface area contributed by atoms with Gasteiger partial charge in [-0.1, -0.05) is 41.4 Å². The Morgan fingerprint density at radius 2 is 1.55 bits per heavy atom. The van der Waals surface area contributed by atoms with E-state index in [2.05, 4.69) is 10.9 Å². The molecule has 0 aliphatic heterocycles. The van der Waals surface area contributed by atoms with Crippen LogP contribution >= 0.6 is 23.2 Å². The Morgan fingerprint density at radius 3 is 2.24 bits per heavy atom. The molecule has 0 unspecified atom stereocenters. The standard InChI is InChI=1S/C20H14Cl2FN3O3/c21-15-8-7-12(10-16(15)22)11-26-9-3-5-14(20(26)29)19(28)25-24-18(27)13-4-1-2-6-17(13)23/h1-10H,11H2,(H,24,27)(H,25,28). The zero-order valence-electron chi connectivity index (χ0n) is 14.8. The van der Waals surface area contributed by atoms with Gasteiger partial charge in [0.25, 0.3) is 17.4 Å². The number of carbonyl (C=O) groups is 2. The molecular weight excluding hydrogens is 420 g/mol. The molecule has 29 heavy (non-hydrogen) atoms. The van der Waals surface area contributed by atoms with Crippen LogP contribution in [0.2, 0.25) is 10.0 Å². The van der Waals surface area contributed by atoms with Crippen molar-refractivity contribution in [3.05, 3.63) is 104 Å². The molecule has 0 saturated heterocycles. The summed E-state index contributed by atoms with van der Waals surface area (Å²) in [6.07, 6.45) is 1.51. The predicted molar refractivity (Wildman–Crippen MR) is 108 cm³/mol. The smallest absolute Gasteiger partial charge is 0.275 e. The summed E-state index contributed by atoms with van der Waals surface area (Å²) in [6.45, 7) is 0.165. The molecule has 1 aromatic heterocycles. The van der Waals surface area contributed by atoms with Crippen molar-refractivity contribution in [3.63, 3.8) is 0 Å². The molecule has 0 aliphatic carbocycles. The fourth-order valence-corrected chi connectivity index (χ4v) is 2.88. The van der Waals surface area contributed by atoms with Crippen molar-refractivity contribution in [2.75, 3.05) is 0 Å². The van der Waals surface area contributed by atoms with Crippen LogP contribution < -0.4 is 16.4 Å². The summed E-state index contributed by atoms with van der Waals surface area (Å²) >= 11 is 11.9. The van der Waals surface area contributed by atoms with Gasteiger partial charge in [-0.3, -0.25) is 25.2 Å². The molecule has 0 aliphatic rings. The number of hydrazine groups is 1. The van der Waals surface area contributed by atoms with Gasteiger partial charge in [-0.15, -0.1) is 0 Å². The summed E-state index contributed by atoms with van der Waals surface area (Å²) in [6, 6.07) is 13.1. The van der Waals surface area contributed by atoms with E-state index in [1.165, 1.54) is 41.1 Å². The van der Waals surface area contributed by atoms with Gasteiger partial charge in [-0.2, -0.15) is 0 Å². The lowest BCUT2D eigenvalue weighted by Gasteiger charge is -2.10. The molecule has 0 fully saturated rings. The van der Waals surface area contributed by atoms with Crippen LogP contribution in [0, 0.1) is 5.82 Å². The van der Waals surface area contributed by atoms with Crippen LogP contribution in [0.15, 0.2) is 65.6 Å². The summed E-state index contributed by atoms with van der Waals surface area (Å²) in [5, 5.41) is 0.739. The van der Waals surface area contributed by atoms with Crippen molar-refractivity contribution < 1.29 is 14.0 Å². The van der Waals surface area contributed by atoms with Crippen LogP contribution in [-0.2, 0) is 6.54 Å². The van der Waals surface area contributed by atoms with Gasteiger partial charge in [0, 0.05) is 6.20 Å². The number of hydrogen-bond acceptors (Lipinski definition) is 3. The average molecular weight is 434 g/mol. The Morgan fingerprint density at radius 1 is 0.897 bits per heavy atom. The van der Waals surface area contributed by atoms with Crippen molar-refractivity contribution in [1.82, 2.24) is 15.4 Å². The number of carbonyl (C=O) groups excluding carboxylic acids is 2. The van der Waals surface area contributed by atoms with Crippen molar-refractivity contribution in [3.8, 4) is 0 Å². The van der Waals surface area contributed by atoms with E-state index >= 15 is 0 Å². The van der Waals surface area contributed by atoms with Crippen LogP contribution in [0.1, 0.15) is 26.3 Å². The van der Waals surface area contributed by atoms with Crippen molar-refractivity contribution in [2.45, 2.75) is 6.54 Å². The molecule has 2 amide bonds. The first kappa shape index (κ1) is 20.6. The number of hydrogen-bond donors (Lipinski definition) is 2. The normalized spacial score (nSPS) is 10.4. The second kappa shape index (κ2) is 8.89. The third kappa shape index (κ3) is 4.82. The van der Waals surface area contributed by atoms with Gasteiger partial charge in [0.15, 0.2) is 0 Å². The molecule has 2 N–H and O–H groups in total. The Bertz CT molecular complexity index is 1150. The Kier molecular flexibility index (Phi) is 6.31.